The maximum absolute atomic E-state index is 10.8. The first-order valence-corrected chi connectivity index (χ1v) is 6.94. The number of hydrogen-bond acceptors (Lipinski definition) is 5. The third-order valence-electron chi connectivity index (χ3n) is 2.67. The van der Waals surface area contributed by atoms with Crippen LogP contribution in [0.25, 0.3) is 0 Å². The van der Waals surface area contributed by atoms with E-state index in [2.05, 4.69) is 9.51 Å². The number of phosphoric ester groups is 1. The van der Waals surface area contributed by atoms with Crippen LogP contribution in [0.4, 0.5) is 0 Å². The fourth-order valence-electron chi connectivity index (χ4n) is 1.92. The van der Waals surface area contributed by atoms with Gasteiger partial charge < -0.3 is 19.6 Å². The van der Waals surface area contributed by atoms with E-state index < -0.39 is 26.1 Å². The van der Waals surface area contributed by atoms with Crippen LogP contribution >= 0.6 is 7.82 Å². The van der Waals surface area contributed by atoms with Crippen molar-refractivity contribution >= 4 is 7.82 Å². The SMILES string of the molecule is O=P(O)(O)O[C@H]1C[C@H](c2ccccn2)O[C@@H]1CO. The molecule has 1 fully saturated rings. The van der Waals surface area contributed by atoms with E-state index in [0.717, 1.165) is 0 Å². The summed E-state index contributed by atoms with van der Waals surface area (Å²) >= 11 is 0. The van der Waals surface area contributed by atoms with Crippen molar-refractivity contribution in [3.63, 3.8) is 0 Å². The predicted octanol–water partition coefficient (Wildman–Crippen LogP) is 0.382. The van der Waals surface area contributed by atoms with Crippen LogP contribution in [0.2, 0.25) is 0 Å². The molecular weight excluding hydrogens is 261 g/mol. The molecule has 1 aliphatic rings. The molecule has 8 heteroatoms. The molecule has 2 heterocycles. The summed E-state index contributed by atoms with van der Waals surface area (Å²) in [5.74, 6) is 0. The van der Waals surface area contributed by atoms with E-state index >= 15 is 0 Å². The first kappa shape index (κ1) is 13.6. The lowest BCUT2D eigenvalue weighted by atomic mass is 10.1. The average molecular weight is 275 g/mol. The summed E-state index contributed by atoms with van der Waals surface area (Å²) in [6.45, 7) is -0.367. The molecule has 7 nitrogen and oxygen atoms in total. The van der Waals surface area contributed by atoms with Gasteiger partial charge in [0.25, 0.3) is 0 Å². The molecule has 0 radical (unpaired) electrons. The molecular formula is C10H14NO6P. The Labute approximate surface area is 104 Å². The van der Waals surface area contributed by atoms with Gasteiger partial charge in [-0.1, -0.05) is 6.07 Å². The van der Waals surface area contributed by atoms with Crippen molar-refractivity contribution in [2.75, 3.05) is 6.61 Å². The first-order valence-electron chi connectivity index (χ1n) is 5.41. The Kier molecular flexibility index (Phi) is 4.11. The van der Waals surface area contributed by atoms with Crippen LogP contribution in [0.15, 0.2) is 24.4 Å². The molecule has 0 amide bonds. The fourth-order valence-corrected chi connectivity index (χ4v) is 2.50. The molecule has 3 atom stereocenters. The molecule has 1 saturated heterocycles. The number of ether oxygens (including phenoxy) is 1. The van der Waals surface area contributed by atoms with Crippen LogP contribution in [0.5, 0.6) is 0 Å². The number of nitrogens with zero attached hydrogens (tertiary/aromatic N) is 1. The summed E-state index contributed by atoms with van der Waals surface area (Å²) in [4.78, 5) is 21.7. The third kappa shape index (κ3) is 3.35. The van der Waals surface area contributed by atoms with Gasteiger partial charge in [0.2, 0.25) is 0 Å². The zero-order valence-corrected chi connectivity index (χ0v) is 10.3. The van der Waals surface area contributed by atoms with Gasteiger partial charge in [0.1, 0.15) is 18.3 Å². The van der Waals surface area contributed by atoms with E-state index in [1.165, 1.54) is 0 Å². The number of aliphatic hydroxyl groups excluding tert-OH is 1. The van der Waals surface area contributed by atoms with Gasteiger partial charge in [-0.2, -0.15) is 0 Å². The van der Waals surface area contributed by atoms with Crippen LogP contribution in [-0.4, -0.2) is 38.7 Å². The lowest BCUT2D eigenvalue weighted by Crippen LogP contribution is -2.26. The minimum absolute atomic E-state index is 0.243. The molecule has 1 aromatic heterocycles. The Morgan fingerprint density at radius 2 is 2.28 bits per heavy atom. The Hall–Kier alpha value is -0.820. The monoisotopic (exact) mass is 275 g/mol. The zero-order chi connectivity index (χ0) is 13.2. The third-order valence-corrected chi connectivity index (χ3v) is 3.22. The lowest BCUT2D eigenvalue weighted by Gasteiger charge is -2.16. The highest BCUT2D eigenvalue weighted by atomic mass is 31.2. The second-order valence-electron chi connectivity index (χ2n) is 3.97. The molecule has 0 aliphatic carbocycles. The van der Waals surface area contributed by atoms with E-state index in [-0.39, 0.29) is 13.0 Å². The Morgan fingerprint density at radius 3 is 2.83 bits per heavy atom. The predicted molar refractivity (Wildman–Crippen MR) is 60.5 cm³/mol. The van der Waals surface area contributed by atoms with E-state index in [9.17, 15) is 4.57 Å². The molecule has 0 bridgehead atoms. The number of aromatic nitrogens is 1. The van der Waals surface area contributed by atoms with E-state index in [0.29, 0.717) is 5.69 Å². The molecule has 100 valence electrons. The molecule has 3 N–H and O–H groups in total. The lowest BCUT2D eigenvalue weighted by molar-refractivity contribution is -0.0231. The van der Waals surface area contributed by atoms with Crippen molar-refractivity contribution < 1.29 is 28.7 Å². The minimum Gasteiger partial charge on any atom is -0.394 e. The number of hydrogen-bond donors (Lipinski definition) is 3. The molecule has 0 spiro atoms. The number of pyridine rings is 1. The van der Waals surface area contributed by atoms with Crippen LogP contribution in [0, 0.1) is 0 Å². The largest absolute Gasteiger partial charge is 0.469 e. The summed E-state index contributed by atoms with van der Waals surface area (Å²) < 4.78 is 20.9. The number of aliphatic hydroxyl groups is 1. The van der Waals surface area contributed by atoms with Gasteiger partial charge in [0.15, 0.2) is 0 Å². The van der Waals surface area contributed by atoms with Crippen molar-refractivity contribution in [3.8, 4) is 0 Å². The fraction of sp³-hybridized carbons (Fsp3) is 0.500. The average Bonchev–Trinajstić information content (AvgIpc) is 2.71. The summed E-state index contributed by atoms with van der Waals surface area (Å²) in [5, 5.41) is 9.12. The summed E-state index contributed by atoms with van der Waals surface area (Å²) in [5.41, 5.74) is 0.646. The molecule has 18 heavy (non-hydrogen) atoms. The second kappa shape index (κ2) is 5.44. The molecule has 0 unspecified atom stereocenters. The molecule has 2 rings (SSSR count). The maximum Gasteiger partial charge on any atom is 0.469 e. The van der Waals surface area contributed by atoms with Gasteiger partial charge in [-0.3, -0.25) is 9.51 Å². The van der Waals surface area contributed by atoms with Gasteiger partial charge in [-0.15, -0.1) is 0 Å². The normalized spacial score (nSPS) is 28.5. The second-order valence-corrected chi connectivity index (χ2v) is 5.16. The minimum atomic E-state index is -4.60. The first-order chi connectivity index (χ1) is 8.49. The van der Waals surface area contributed by atoms with Gasteiger partial charge in [0, 0.05) is 12.6 Å². The topological polar surface area (TPSA) is 109 Å². The van der Waals surface area contributed by atoms with Crippen molar-refractivity contribution in [1.82, 2.24) is 4.98 Å². The van der Waals surface area contributed by atoms with Crippen LogP contribution < -0.4 is 0 Å². The van der Waals surface area contributed by atoms with E-state index in [1.54, 1.807) is 24.4 Å². The standard InChI is InChI=1S/C10H14NO6P/c12-6-10-9(17-18(13,14)15)5-8(16-10)7-3-1-2-4-11-7/h1-4,8-10,12H,5-6H2,(H2,13,14,15)/t8-,9+,10-/m1/s1. The van der Waals surface area contributed by atoms with Crippen molar-refractivity contribution in [3.05, 3.63) is 30.1 Å². The van der Waals surface area contributed by atoms with Crippen LogP contribution in [-0.2, 0) is 13.8 Å². The highest BCUT2D eigenvalue weighted by Crippen LogP contribution is 2.44. The van der Waals surface area contributed by atoms with Crippen molar-refractivity contribution in [2.24, 2.45) is 0 Å². The highest BCUT2D eigenvalue weighted by molar-refractivity contribution is 7.46. The van der Waals surface area contributed by atoms with Gasteiger partial charge >= 0.3 is 7.82 Å². The van der Waals surface area contributed by atoms with Crippen molar-refractivity contribution in [1.29, 1.82) is 0 Å². The smallest absolute Gasteiger partial charge is 0.394 e. The highest BCUT2D eigenvalue weighted by Gasteiger charge is 2.40. The molecule has 1 aromatic rings. The molecule has 1 aliphatic heterocycles. The van der Waals surface area contributed by atoms with Gasteiger partial charge in [-0.25, -0.2) is 4.57 Å². The van der Waals surface area contributed by atoms with E-state index in [1.807, 2.05) is 0 Å². The molecule has 0 saturated carbocycles. The zero-order valence-electron chi connectivity index (χ0n) is 9.42. The summed E-state index contributed by atoms with van der Waals surface area (Å²) in [6, 6.07) is 5.29. The van der Waals surface area contributed by atoms with Crippen LogP contribution in [0.1, 0.15) is 18.2 Å². The van der Waals surface area contributed by atoms with Gasteiger partial charge in [0.05, 0.1) is 12.3 Å². The Morgan fingerprint density at radius 1 is 1.50 bits per heavy atom. The molecule has 0 aromatic carbocycles. The number of rotatable bonds is 4. The van der Waals surface area contributed by atoms with Crippen LogP contribution in [0.3, 0.4) is 0 Å². The number of phosphoric acid groups is 1. The summed E-state index contributed by atoms with van der Waals surface area (Å²) in [7, 11) is -4.60. The van der Waals surface area contributed by atoms with E-state index in [4.69, 9.17) is 19.6 Å². The summed E-state index contributed by atoms with van der Waals surface area (Å²) in [6.07, 6.45) is -0.190. The maximum atomic E-state index is 10.8. The van der Waals surface area contributed by atoms with Crippen molar-refractivity contribution in [2.45, 2.75) is 24.7 Å². The van der Waals surface area contributed by atoms with Gasteiger partial charge in [-0.05, 0) is 12.1 Å². The Bertz CT molecular complexity index is 435. The Balaban J connectivity index is 2.09. The quantitative estimate of drug-likeness (QED) is 0.681.